The van der Waals surface area contributed by atoms with E-state index in [0.717, 1.165) is 62.0 Å². The van der Waals surface area contributed by atoms with Crippen LogP contribution >= 0.6 is 0 Å². The maximum absolute atomic E-state index is 12.9. The van der Waals surface area contributed by atoms with Gasteiger partial charge in [-0.2, -0.15) is 0 Å². The Kier molecular flexibility index (Phi) is 4.88. The smallest absolute Gasteiger partial charge is 0.143 e. The minimum absolute atomic E-state index is 0.230. The summed E-state index contributed by atoms with van der Waals surface area (Å²) in [6.07, 6.45) is 6.46. The van der Waals surface area contributed by atoms with Gasteiger partial charge in [-0.3, -0.25) is 4.79 Å². The minimum Gasteiger partial charge on any atom is -0.493 e. The van der Waals surface area contributed by atoms with Gasteiger partial charge in [0.05, 0.1) is 12.0 Å². The number of nitrogens with zero attached hydrogens (tertiary/aromatic N) is 1. The summed E-state index contributed by atoms with van der Waals surface area (Å²) >= 11 is 0. The first-order chi connectivity index (χ1) is 14.3. The fourth-order valence-corrected chi connectivity index (χ4v) is 5.20. The molecule has 2 aromatic carbocycles. The van der Waals surface area contributed by atoms with Gasteiger partial charge in [-0.15, -0.1) is 0 Å². The molecule has 0 atom stereocenters. The van der Waals surface area contributed by atoms with Crippen molar-refractivity contribution in [1.82, 2.24) is 9.88 Å². The average molecular weight is 389 g/mol. The number of ether oxygens (including phenoxy) is 1. The molecule has 0 amide bonds. The number of likely N-dealkylation sites (tertiary alicyclic amines) is 1. The van der Waals surface area contributed by atoms with Gasteiger partial charge in [0.25, 0.3) is 0 Å². The Morgan fingerprint density at radius 2 is 1.86 bits per heavy atom. The lowest BCUT2D eigenvalue weighted by atomic mass is 9.64. The lowest BCUT2D eigenvalue weighted by Crippen LogP contribution is -2.49. The van der Waals surface area contributed by atoms with Gasteiger partial charge in [0.1, 0.15) is 11.5 Å². The predicted molar refractivity (Wildman–Crippen MR) is 116 cm³/mol. The zero-order chi connectivity index (χ0) is 19.7. The van der Waals surface area contributed by atoms with Crippen LogP contribution < -0.4 is 4.74 Å². The van der Waals surface area contributed by atoms with E-state index in [0.29, 0.717) is 18.8 Å². The molecule has 150 valence electrons. The van der Waals surface area contributed by atoms with E-state index >= 15 is 0 Å². The Morgan fingerprint density at radius 3 is 2.76 bits per heavy atom. The van der Waals surface area contributed by atoms with Gasteiger partial charge in [0, 0.05) is 30.1 Å². The van der Waals surface area contributed by atoms with Gasteiger partial charge < -0.3 is 14.6 Å². The summed E-state index contributed by atoms with van der Waals surface area (Å²) in [6, 6.07) is 16.8. The quantitative estimate of drug-likeness (QED) is 0.655. The van der Waals surface area contributed by atoms with Gasteiger partial charge in [0.15, 0.2) is 0 Å². The Morgan fingerprint density at radius 1 is 1.00 bits per heavy atom. The number of benzene rings is 2. The maximum atomic E-state index is 12.9. The molecule has 0 saturated carbocycles. The van der Waals surface area contributed by atoms with Gasteiger partial charge in [0.2, 0.25) is 0 Å². The number of aryl methyl sites for hydroxylation is 1. The first kappa shape index (κ1) is 18.4. The SMILES string of the molecule is O=C1CCc2ccccc2C12CCN(CCCOc1cccc3[nH]ccc13)CC2. The summed E-state index contributed by atoms with van der Waals surface area (Å²) in [5.74, 6) is 1.41. The molecule has 1 aliphatic heterocycles. The van der Waals surface area contributed by atoms with E-state index in [9.17, 15) is 4.79 Å². The van der Waals surface area contributed by atoms with Crippen LogP contribution in [0.1, 0.15) is 36.8 Å². The first-order valence-electron chi connectivity index (χ1n) is 10.8. The second-order valence-corrected chi connectivity index (χ2v) is 8.40. The van der Waals surface area contributed by atoms with E-state index in [4.69, 9.17) is 4.74 Å². The number of carbonyl (C=O) groups is 1. The number of hydrogen-bond donors (Lipinski definition) is 1. The highest BCUT2D eigenvalue weighted by atomic mass is 16.5. The number of fused-ring (bicyclic) bond motifs is 3. The number of carbonyl (C=O) groups excluding carboxylic acids is 1. The highest BCUT2D eigenvalue weighted by Gasteiger charge is 2.45. The van der Waals surface area contributed by atoms with Gasteiger partial charge in [-0.05, 0) is 68.1 Å². The van der Waals surface area contributed by atoms with Crippen molar-refractivity contribution in [3.8, 4) is 5.75 Å². The molecule has 0 radical (unpaired) electrons. The molecule has 4 heteroatoms. The standard InChI is InChI=1S/C25H28N2O2/c28-24-10-9-19-5-1-2-6-21(19)25(24)12-16-27(17-13-25)15-4-18-29-23-8-3-7-22-20(23)11-14-26-22/h1-3,5-8,11,14,26H,4,9-10,12-13,15-18H2. The molecule has 2 aliphatic rings. The number of aromatic nitrogens is 1. The summed E-state index contributed by atoms with van der Waals surface area (Å²) in [5.41, 5.74) is 3.57. The van der Waals surface area contributed by atoms with Crippen LogP contribution in [0.25, 0.3) is 10.9 Å². The van der Waals surface area contributed by atoms with Crippen LogP contribution in [0.5, 0.6) is 5.75 Å². The van der Waals surface area contributed by atoms with Crippen molar-refractivity contribution in [3.05, 3.63) is 65.9 Å². The summed E-state index contributed by atoms with van der Waals surface area (Å²) in [4.78, 5) is 18.6. The fourth-order valence-electron chi connectivity index (χ4n) is 5.20. The molecular formula is C25H28N2O2. The van der Waals surface area contributed by atoms with Crippen molar-refractivity contribution < 1.29 is 9.53 Å². The average Bonchev–Trinajstić information content (AvgIpc) is 3.25. The van der Waals surface area contributed by atoms with Crippen LogP contribution in [0.2, 0.25) is 0 Å². The third kappa shape index (κ3) is 3.36. The van der Waals surface area contributed by atoms with Crippen LogP contribution in [-0.4, -0.2) is 41.9 Å². The van der Waals surface area contributed by atoms with E-state index in [-0.39, 0.29) is 5.41 Å². The molecule has 4 nitrogen and oxygen atoms in total. The van der Waals surface area contributed by atoms with Gasteiger partial charge in [-0.1, -0.05) is 30.3 Å². The minimum atomic E-state index is -0.230. The van der Waals surface area contributed by atoms with Gasteiger partial charge >= 0.3 is 0 Å². The fraction of sp³-hybridized carbons (Fsp3) is 0.400. The summed E-state index contributed by atoms with van der Waals surface area (Å²) in [5, 5.41) is 1.14. The molecule has 1 saturated heterocycles. The molecule has 0 bridgehead atoms. The molecule has 0 unspecified atom stereocenters. The Bertz CT molecular complexity index is 1010. The van der Waals surface area contributed by atoms with Crippen LogP contribution in [-0.2, 0) is 16.6 Å². The first-order valence-corrected chi connectivity index (χ1v) is 10.8. The van der Waals surface area contributed by atoms with E-state index < -0.39 is 0 Å². The maximum Gasteiger partial charge on any atom is 0.143 e. The van der Waals surface area contributed by atoms with Crippen molar-refractivity contribution in [2.45, 2.75) is 37.5 Å². The molecule has 1 spiro atoms. The van der Waals surface area contributed by atoms with Crippen LogP contribution in [0.3, 0.4) is 0 Å². The number of aromatic amines is 1. The molecule has 1 aromatic heterocycles. The van der Waals surface area contributed by atoms with Crippen molar-refractivity contribution in [2.75, 3.05) is 26.2 Å². The predicted octanol–water partition coefficient (Wildman–Crippen LogP) is 4.49. The van der Waals surface area contributed by atoms with Crippen LogP contribution in [0.15, 0.2) is 54.7 Å². The van der Waals surface area contributed by atoms with Gasteiger partial charge in [-0.25, -0.2) is 0 Å². The number of hydrogen-bond acceptors (Lipinski definition) is 3. The van der Waals surface area contributed by atoms with E-state index in [1.165, 1.54) is 11.1 Å². The topological polar surface area (TPSA) is 45.3 Å². The monoisotopic (exact) mass is 388 g/mol. The molecule has 2 heterocycles. The summed E-state index contributed by atoms with van der Waals surface area (Å²) < 4.78 is 6.04. The van der Waals surface area contributed by atoms with Crippen molar-refractivity contribution in [1.29, 1.82) is 0 Å². The summed E-state index contributed by atoms with van der Waals surface area (Å²) in [7, 11) is 0. The number of ketones is 1. The Balaban J connectivity index is 1.16. The van der Waals surface area contributed by atoms with Crippen molar-refractivity contribution in [2.24, 2.45) is 0 Å². The molecule has 1 aliphatic carbocycles. The zero-order valence-corrected chi connectivity index (χ0v) is 16.8. The number of rotatable bonds is 5. The van der Waals surface area contributed by atoms with Crippen molar-refractivity contribution in [3.63, 3.8) is 0 Å². The third-order valence-corrected chi connectivity index (χ3v) is 6.83. The van der Waals surface area contributed by atoms with Crippen LogP contribution in [0.4, 0.5) is 0 Å². The zero-order valence-electron chi connectivity index (χ0n) is 16.8. The molecular weight excluding hydrogens is 360 g/mol. The number of piperidine rings is 1. The van der Waals surface area contributed by atoms with E-state index in [1.54, 1.807) is 0 Å². The second-order valence-electron chi connectivity index (χ2n) is 8.40. The Labute approximate surface area is 171 Å². The molecule has 1 fully saturated rings. The number of Topliss-reactive ketones (excluding diaryl/α,β-unsaturated/α-hetero) is 1. The highest BCUT2D eigenvalue weighted by molar-refractivity contribution is 5.92. The third-order valence-electron chi connectivity index (χ3n) is 6.83. The highest BCUT2D eigenvalue weighted by Crippen LogP contribution is 2.42. The number of H-pyrrole nitrogens is 1. The van der Waals surface area contributed by atoms with E-state index in [1.807, 2.05) is 18.3 Å². The van der Waals surface area contributed by atoms with Crippen molar-refractivity contribution >= 4 is 16.7 Å². The summed E-state index contributed by atoms with van der Waals surface area (Å²) in [6.45, 7) is 3.73. The lowest BCUT2D eigenvalue weighted by Gasteiger charge is -2.44. The largest absolute Gasteiger partial charge is 0.493 e. The molecule has 5 rings (SSSR count). The normalized spacial score (nSPS) is 18.8. The van der Waals surface area contributed by atoms with E-state index in [2.05, 4.69) is 46.3 Å². The lowest BCUT2D eigenvalue weighted by molar-refractivity contribution is -0.127. The molecule has 3 aromatic rings. The molecule has 1 N–H and O–H groups in total. The van der Waals surface area contributed by atoms with Crippen LogP contribution in [0, 0.1) is 0 Å². The Hall–Kier alpha value is -2.59. The molecule has 29 heavy (non-hydrogen) atoms. The second kappa shape index (κ2) is 7.68. The number of nitrogens with one attached hydrogen (secondary N) is 1.